The Morgan fingerprint density at radius 3 is 3.06 bits per heavy atom. The molecule has 6 heteroatoms. The molecule has 3 heterocycles. The number of hydrogen-bond donors (Lipinski definition) is 2. The lowest BCUT2D eigenvalue weighted by Crippen LogP contribution is -1.84. The first-order chi connectivity index (χ1) is 8.78. The zero-order valence-electron chi connectivity index (χ0n) is 9.80. The Bertz CT molecular complexity index is 653. The summed E-state index contributed by atoms with van der Waals surface area (Å²) in [5.41, 5.74) is 7.61. The van der Waals surface area contributed by atoms with Crippen molar-refractivity contribution in [3.05, 3.63) is 29.3 Å². The Morgan fingerprint density at radius 1 is 1.50 bits per heavy atom. The Hall–Kier alpha value is -2.08. The van der Waals surface area contributed by atoms with Crippen LogP contribution in [-0.2, 0) is 6.42 Å². The van der Waals surface area contributed by atoms with Crippen LogP contribution in [0.4, 0.5) is 5.00 Å². The van der Waals surface area contributed by atoms with Crippen LogP contribution < -0.4 is 5.73 Å². The van der Waals surface area contributed by atoms with Crippen molar-refractivity contribution in [2.75, 3.05) is 5.73 Å². The Labute approximate surface area is 108 Å². The van der Waals surface area contributed by atoms with Crippen LogP contribution >= 0.6 is 11.3 Å². The highest BCUT2D eigenvalue weighted by atomic mass is 32.1. The van der Waals surface area contributed by atoms with Gasteiger partial charge in [0.05, 0.1) is 16.3 Å². The van der Waals surface area contributed by atoms with Crippen molar-refractivity contribution < 1.29 is 4.52 Å². The van der Waals surface area contributed by atoms with E-state index in [0.29, 0.717) is 16.7 Å². The molecule has 0 spiro atoms. The second-order valence-electron chi connectivity index (χ2n) is 3.85. The lowest BCUT2D eigenvalue weighted by atomic mass is 10.2. The van der Waals surface area contributed by atoms with E-state index in [2.05, 4.69) is 22.0 Å². The molecule has 3 aromatic heterocycles. The van der Waals surface area contributed by atoms with Gasteiger partial charge in [0.1, 0.15) is 0 Å². The molecule has 3 rings (SSSR count). The third-order valence-electron chi connectivity index (χ3n) is 2.66. The SMILES string of the molecule is CCc1cc(-c2nc(-c3ccc[nH]3)no2)c(N)s1. The van der Waals surface area contributed by atoms with Crippen molar-refractivity contribution in [3.8, 4) is 23.0 Å². The van der Waals surface area contributed by atoms with E-state index in [9.17, 15) is 0 Å². The first-order valence-corrected chi connectivity index (χ1v) is 6.45. The summed E-state index contributed by atoms with van der Waals surface area (Å²) in [5.74, 6) is 1.01. The first kappa shape index (κ1) is 11.0. The largest absolute Gasteiger partial charge is 0.390 e. The molecular weight excluding hydrogens is 248 g/mol. The van der Waals surface area contributed by atoms with E-state index in [4.69, 9.17) is 10.3 Å². The molecule has 0 fully saturated rings. The molecule has 0 atom stereocenters. The number of hydrogen-bond acceptors (Lipinski definition) is 5. The van der Waals surface area contributed by atoms with Crippen molar-refractivity contribution in [1.82, 2.24) is 15.1 Å². The van der Waals surface area contributed by atoms with Crippen LogP contribution in [0, 0.1) is 0 Å². The molecule has 3 aromatic rings. The highest BCUT2D eigenvalue weighted by Gasteiger charge is 2.15. The normalized spacial score (nSPS) is 10.9. The van der Waals surface area contributed by atoms with Crippen LogP contribution in [0.1, 0.15) is 11.8 Å². The van der Waals surface area contributed by atoms with Gasteiger partial charge >= 0.3 is 0 Å². The maximum Gasteiger partial charge on any atom is 0.261 e. The van der Waals surface area contributed by atoms with Gasteiger partial charge in [0.25, 0.3) is 5.89 Å². The summed E-state index contributed by atoms with van der Waals surface area (Å²) >= 11 is 1.56. The number of aryl methyl sites for hydroxylation is 1. The number of anilines is 1. The van der Waals surface area contributed by atoms with Crippen molar-refractivity contribution in [2.45, 2.75) is 13.3 Å². The second kappa shape index (κ2) is 4.30. The number of nitrogen functional groups attached to an aromatic ring is 1. The molecule has 0 saturated carbocycles. The van der Waals surface area contributed by atoms with Crippen LogP contribution in [0.25, 0.3) is 23.0 Å². The summed E-state index contributed by atoms with van der Waals surface area (Å²) in [5, 5.41) is 4.66. The number of H-pyrrole nitrogens is 1. The number of thiophene rings is 1. The minimum atomic E-state index is 0.466. The molecule has 18 heavy (non-hydrogen) atoms. The number of nitrogens with one attached hydrogen (secondary N) is 1. The van der Waals surface area contributed by atoms with Crippen molar-refractivity contribution in [1.29, 1.82) is 0 Å². The Kier molecular flexibility index (Phi) is 2.64. The zero-order chi connectivity index (χ0) is 12.5. The van der Waals surface area contributed by atoms with Crippen molar-refractivity contribution in [3.63, 3.8) is 0 Å². The standard InChI is InChI=1S/C12H12N4OS/c1-2-7-6-8(10(13)18-7)12-15-11(16-17-12)9-4-3-5-14-9/h3-6,14H,2,13H2,1H3. The lowest BCUT2D eigenvalue weighted by molar-refractivity contribution is 0.432. The van der Waals surface area contributed by atoms with Gasteiger partial charge in [-0.05, 0) is 24.6 Å². The fraction of sp³-hybridized carbons (Fsp3) is 0.167. The summed E-state index contributed by atoms with van der Waals surface area (Å²) < 4.78 is 5.26. The molecule has 92 valence electrons. The van der Waals surface area contributed by atoms with Gasteiger partial charge in [0.2, 0.25) is 5.82 Å². The summed E-state index contributed by atoms with van der Waals surface area (Å²) in [4.78, 5) is 8.59. The molecule has 0 radical (unpaired) electrons. The molecule has 0 aliphatic heterocycles. The minimum Gasteiger partial charge on any atom is -0.390 e. The molecule has 0 aliphatic rings. The van der Waals surface area contributed by atoms with Crippen LogP contribution in [0.5, 0.6) is 0 Å². The van der Waals surface area contributed by atoms with E-state index in [0.717, 1.165) is 17.7 Å². The summed E-state index contributed by atoms with van der Waals surface area (Å²) in [6, 6.07) is 5.79. The van der Waals surface area contributed by atoms with Gasteiger partial charge in [-0.2, -0.15) is 4.98 Å². The fourth-order valence-corrected chi connectivity index (χ4v) is 2.57. The number of rotatable bonds is 3. The van der Waals surface area contributed by atoms with Crippen LogP contribution in [0.2, 0.25) is 0 Å². The van der Waals surface area contributed by atoms with E-state index in [1.165, 1.54) is 4.88 Å². The van der Waals surface area contributed by atoms with Crippen LogP contribution in [0.3, 0.4) is 0 Å². The average Bonchev–Trinajstić information content (AvgIpc) is 3.08. The molecule has 5 nitrogen and oxygen atoms in total. The Balaban J connectivity index is 2.00. The lowest BCUT2D eigenvalue weighted by Gasteiger charge is -1.89. The molecule has 0 bridgehead atoms. The van der Waals surface area contributed by atoms with Crippen molar-refractivity contribution >= 4 is 16.3 Å². The fourth-order valence-electron chi connectivity index (χ4n) is 1.71. The predicted octanol–water partition coefficient (Wildman–Crippen LogP) is 2.94. The molecular formula is C12H12N4OS. The summed E-state index contributed by atoms with van der Waals surface area (Å²) in [7, 11) is 0. The average molecular weight is 260 g/mol. The highest BCUT2D eigenvalue weighted by molar-refractivity contribution is 7.16. The smallest absolute Gasteiger partial charge is 0.261 e. The van der Waals surface area contributed by atoms with E-state index >= 15 is 0 Å². The maximum atomic E-state index is 5.96. The van der Waals surface area contributed by atoms with Gasteiger partial charge in [-0.25, -0.2) is 0 Å². The number of aromatic nitrogens is 3. The second-order valence-corrected chi connectivity index (χ2v) is 5.02. The van der Waals surface area contributed by atoms with Gasteiger partial charge in [0.15, 0.2) is 0 Å². The summed E-state index contributed by atoms with van der Waals surface area (Å²) in [6.45, 7) is 2.09. The summed E-state index contributed by atoms with van der Waals surface area (Å²) in [6.07, 6.45) is 2.77. The molecule has 0 amide bonds. The van der Waals surface area contributed by atoms with Gasteiger partial charge in [0, 0.05) is 11.1 Å². The topological polar surface area (TPSA) is 80.7 Å². The van der Waals surface area contributed by atoms with Gasteiger partial charge in [-0.1, -0.05) is 12.1 Å². The number of aromatic amines is 1. The van der Waals surface area contributed by atoms with Gasteiger partial charge in [-0.15, -0.1) is 11.3 Å². The third kappa shape index (κ3) is 1.80. The van der Waals surface area contributed by atoms with Crippen LogP contribution in [-0.4, -0.2) is 15.1 Å². The third-order valence-corrected chi connectivity index (χ3v) is 3.76. The minimum absolute atomic E-state index is 0.466. The number of nitrogens with two attached hydrogens (primary N) is 1. The molecule has 0 saturated heterocycles. The van der Waals surface area contributed by atoms with E-state index in [1.54, 1.807) is 11.3 Å². The van der Waals surface area contributed by atoms with E-state index in [-0.39, 0.29) is 0 Å². The van der Waals surface area contributed by atoms with Crippen LogP contribution in [0.15, 0.2) is 28.9 Å². The number of nitrogens with zero attached hydrogens (tertiary/aromatic N) is 2. The zero-order valence-corrected chi connectivity index (χ0v) is 10.6. The Morgan fingerprint density at radius 2 is 2.39 bits per heavy atom. The molecule has 0 aromatic carbocycles. The highest BCUT2D eigenvalue weighted by Crippen LogP contribution is 2.33. The molecule has 0 aliphatic carbocycles. The molecule has 0 unspecified atom stereocenters. The van der Waals surface area contributed by atoms with Crippen molar-refractivity contribution in [2.24, 2.45) is 0 Å². The predicted molar refractivity (Wildman–Crippen MR) is 71.2 cm³/mol. The van der Waals surface area contributed by atoms with E-state index < -0.39 is 0 Å². The maximum absolute atomic E-state index is 5.96. The van der Waals surface area contributed by atoms with E-state index in [1.807, 2.05) is 24.4 Å². The quantitative estimate of drug-likeness (QED) is 0.758. The molecule has 3 N–H and O–H groups in total. The van der Waals surface area contributed by atoms with Gasteiger partial charge < -0.3 is 15.2 Å². The monoisotopic (exact) mass is 260 g/mol. The first-order valence-electron chi connectivity index (χ1n) is 5.64. The van der Waals surface area contributed by atoms with Gasteiger partial charge in [-0.3, -0.25) is 0 Å².